The third-order valence-corrected chi connectivity index (χ3v) is 5.45. The van der Waals surface area contributed by atoms with E-state index < -0.39 is 0 Å². The van der Waals surface area contributed by atoms with E-state index in [-0.39, 0.29) is 29.5 Å². The molecule has 28 heavy (non-hydrogen) atoms. The lowest BCUT2D eigenvalue weighted by Gasteiger charge is -2.32. The van der Waals surface area contributed by atoms with E-state index in [0.717, 1.165) is 43.6 Å². The highest BCUT2D eigenvalue weighted by atomic mass is 19.1. The lowest BCUT2D eigenvalue weighted by molar-refractivity contribution is -0.123. The summed E-state index contributed by atoms with van der Waals surface area (Å²) in [6, 6.07) is 15.6. The van der Waals surface area contributed by atoms with Gasteiger partial charge in [-0.05, 0) is 37.5 Å². The van der Waals surface area contributed by atoms with Crippen molar-refractivity contribution in [3.8, 4) is 0 Å². The first-order chi connectivity index (χ1) is 13.5. The van der Waals surface area contributed by atoms with Gasteiger partial charge < -0.3 is 10.2 Å². The first-order valence-electron chi connectivity index (χ1n) is 9.89. The maximum atomic E-state index is 13.0. The van der Waals surface area contributed by atoms with Crippen LogP contribution in [0.1, 0.15) is 48.0 Å². The second kappa shape index (κ2) is 9.60. The highest BCUT2D eigenvalue weighted by molar-refractivity contribution is 5.96. The summed E-state index contributed by atoms with van der Waals surface area (Å²) in [5, 5.41) is 3.12. The molecule has 1 heterocycles. The SMILES string of the molecule is CC(C(=O)NC1CCN(CCC(=O)c2ccccc2)CC1)c1ccc(F)cc1. The van der Waals surface area contributed by atoms with Gasteiger partial charge in [0.15, 0.2) is 5.78 Å². The molecule has 1 aliphatic heterocycles. The summed E-state index contributed by atoms with van der Waals surface area (Å²) >= 11 is 0. The van der Waals surface area contributed by atoms with Crippen LogP contribution in [0, 0.1) is 5.82 Å². The van der Waals surface area contributed by atoms with Crippen molar-refractivity contribution in [3.05, 3.63) is 71.5 Å². The number of carbonyl (C=O) groups excluding carboxylic acids is 2. The first-order valence-corrected chi connectivity index (χ1v) is 9.89. The van der Waals surface area contributed by atoms with Gasteiger partial charge in [-0.1, -0.05) is 42.5 Å². The number of halogens is 1. The van der Waals surface area contributed by atoms with Gasteiger partial charge in [0.05, 0.1) is 5.92 Å². The van der Waals surface area contributed by atoms with Crippen LogP contribution in [0.5, 0.6) is 0 Å². The predicted molar refractivity (Wildman–Crippen MR) is 108 cm³/mol. The maximum Gasteiger partial charge on any atom is 0.227 e. The Morgan fingerprint density at radius 2 is 1.71 bits per heavy atom. The maximum absolute atomic E-state index is 13.0. The van der Waals surface area contributed by atoms with Gasteiger partial charge in [-0.2, -0.15) is 0 Å². The molecule has 2 aromatic rings. The predicted octanol–water partition coefficient (Wildman–Crippen LogP) is 3.78. The molecule has 0 saturated carbocycles. The van der Waals surface area contributed by atoms with Gasteiger partial charge in [-0.3, -0.25) is 9.59 Å². The third kappa shape index (κ3) is 5.49. The van der Waals surface area contributed by atoms with Crippen LogP contribution >= 0.6 is 0 Å². The molecular weight excluding hydrogens is 355 g/mol. The molecule has 3 rings (SSSR count). The molecule has 1 saturated heterocycles. The number of piperidine rings is 1. The van der Waals surface area contributed by atoms with Crippen LogP contribution in [-0.2, 0) is 4.79 Å². The molecule has 0 aromatic heterocycles. The van der Waals surface area contributed by atoms with Gasteiger partial charge in [-0.25, -0.2) is 4.39 Å². The van der Waals surface area contributed by atoms with Gasteiger partial charge >= 0.3 is 0 Å². The number of amides is 1. The zero-order valence-electron chi connectivity index (χ0n) is 16.2. The lowest BCUT2D eigenvalue weighted by atomic mass is 9.98. The second-order valence-corrected chi connectivity index (χ2v) is 7.44. The zero-order chi connectivity index (χ0) is 19.9. The number of ketones is 1. The Labute approximate surface area is 165 Å². The standard InChI is InChI=1S/C23H27FN2O2/c1-17(18-7-9-20(24)10-8-18)23(28)25-21-11-14-26(15-12-21)16-13-22(27)19-5-3-2-4-6-19/h2-10,17,21H,11-16H2,1H3,(H,25,28). The fourth-order valence-corrected chi connectivity index (χ4v) is 3.56. The number of nitrogens with zero attached hydrogens (tertiary/aromatic N) is 1. The molecule has 1 N–H and O–H groups in total. The number of hydrogen-bond donors (Lipinski definition) is 1. The van der Waals surface area contributed by atoms with E-state index in [1.807, 2.05) is 37.3 Å². The summed E-state index contributed by atoms with van der Waals surface area (Å²) < 4.78 is 13.0. The highest BCUT2D eigenvalue weighted by Crippen LogP contribution is 2.18. The Bertz CT molecular complexity index is 784. The number of carbonyl (C=O) groups is 2. The molecule has 1 fully saturated rings. The van der Waals surface area contributed by atoms with E-state index in [9.17, 15) is 14.0 Å². The van der Waals surface area contributed by atoms with Crippen molar-refractivity contribution in [2.24, 2.45) is 0 Å². The quantitative estimate of drug-likeness (QED) is 0.742. The van der Waals surface area contributed by atoms with Crippen molar-refractivity contribution < 1.29 is 14.0 Å². The molecule has 1 aliphatic rings. The third-order valence-electron chi connectivity index (χ3n) is 5.45. The molecule has 5 heteroatoms. The van der Waals surface area contributed by atoms with E-state index >= 15 is 0 Å². The first kappa shape index (κ1) is 20.2. The van der Waals surface area contributed by atoms with E-state index in [2.05, 4.69) is 10.2 Å². The number of benzene rings is 2. The Kier molecular flexibility index (Phi) is 6.93. The average Bonchev–Trinajstić information content (AvgIpc) is 2.73. The molecule has 1 unspecified atom stereocenters. The van der Waals surface area contributed by atoms with Crippen molar-refractivity contribution in [2.75, 3.05) is 19.6 Å². The van der Waals surface area contributed by atoms with E-state index in [1.165, 1.54) is 12.1 Å². The van der Waals surface area contributed by atoms with Gasteiger partial charge in [0.2, 0.25) is 5.91 Å². The van der Waals surface area contributed by atoms with Crippen LogP contribution in [-0.4, -0.2) is 42.3 Å². The van der Waals surface area contributed by atoms with Crippen molar-refractivity contribution in [1.82, 2.24) is 10.2 Å². The molecule has 0 spiro atoms. The molecule has 2 aromatic carbocycles. The monoisotopic (exact) mass is 382 g/mol. The summed E-state index contributed by atoms with van der Waals surface area (Å²) in [5.41, 5.74) is 1.58. The second-order valence-electron chi connectivity index (χ2n) is 7.44. The van der Waals surface area contributed by atoms with Crippen LogP contribution in [0.2, 0.25) is 0 Å². The summed E-state index contributed by atoms with van der Waals surface area (Å²) in [6.45, 7) is 4.34. The van der Waals surface area contributed by atoms with E-state index in [4.69, 9.17) is 0 Å². The number of rotatable bonds is 7. The number of likely N-dealkylation sites (tertiary alicyclic amines) is 1. The van der Waals surface area contributed by atoms with Gasteiger partial charge in [0, 0.05) is 37.7 Å². The molecule has 0 bridgehead atoms. The molecule has 1 amide bonds. The normalized spacial score (nSPS) is 16.5. The molecule has 0 radical (unpaired) electrons. The van der Waals surface area contributed by atoms with Crippen molar-refractivity contribution in [1.29, 1.82) is 0 Å². The molecule has 0 aliphatic carbocycles. The summed E-state index contributed by atoms with van der Waals surface area (Å²) in [7, 11) is 0. The smallest absolute Gasteiger partial charge is 0.227 e. The average molecular weight is 382 g/mol. The van der Waals surface area contributed by atoms with Gasteiger partial charge in [0.1, 0.15) is 5.82 Å². The van der Waals surface area contributed by atoms with Crippen molar-refractivity contribution >= 4 is 11.7 Å². The van der Waals surface area contributed by atoms with Gasteiger partial charge in [0.25, 0.3) is 0 Å². The van der Waals surface area contributed by atoms with Crippen molar-refractivity contribution in [3.63, 3.8) is 0 Å². The van der Waals surface area contributed by atoms with Crippen molar-refractivity contribution in [2.45, 2.75) is 38.1 Å². The van der Waals surface area contributed by atoms with Crippen LogP contribution in [0.3, 0.4) is 0 Å². The lowest BCUT2D eigenvalue weighted by Crippen LogP contribution is -2.46. The van der Waals surface area contributed by atoms with Gasteiger partial charge in [-0.15, -0.1) is 0 Å². The molecule has 4 nitrogen and oxygen atoms in total. The fourth-order valence-electron chi connectivity index (χ4n) is 3.56. The van der Waals surface area contributed by atoms with Crippen LogP contribution in [0.15, 0.2) is 54.6 Å². The largest absolute Gasteiger partial charge is 0.353 e. The minimum Gasteiger partial charge on any atom is -0.353 e. The number of hydrogen-bond acceptors (Lipinski definition) is 3. The highest BCUT2D eigenvalue weighted by Gasteiger charge is 2.23. The topological polar surface area (TPSA) is 49.4 Å². The Morgan fingerprint density at radius 3 is 2.36 bits per heavy atom. The number of nitrogens with one attached hydrogen (secondary N) is 1. The van der Waals surface area contributed by atoms with E-state index in [0.29, 0.717) is 6.42 Å². The fraction of sp³-hybridized carbons (Fsp3) is 0.391. The van der Waals surface area contributed by atoms with Crippen LogP contribution < -0.4 is 5.32 Å². The molecule has 1 atom stereocenters. The molecule has 148 valence electrons. The Hall–Kier alpha value is -2.53. The Balaban J connectivity index is 1.40. The van der Waals surface area contributed by atoms with Crippen LogP contribution in [0.4, 0.5) is 4.39 Å². The minimum atomic E-state index is -0.304. The molecular formula is C23H27FN2O2. The minimum absolute atomic E-state index is 0.0238. The zero-order valence-corrected chi connectivity index (χ0v) is 16.2. The number of Topliss-reactive ketones (excluding diaryl/α,β-unsaturated/α-hetero) is 1. The Morgan fingerprint density at radius 1 is 1.07 bits per heavy atom. The van der Waals surface area contributed by atoms with E-state index in [1.54, 1.807) is 12.1 Å². The summed E-state index contributed by atoms with van der Waals surface area (Å²) in [6.07, 6.45) is 2.27. The summed E-state index contributed by atoms with van der Waals surface area (Å²) in [5.74, 6) is -0.454. The summed E-state index contributed by atoms with van der Waals surface area (Å²) in [4.78, 5) is 27.0. The van der Waals surface area contributed by atoms with Crippen LogP contribution in [0.25, 0.3) is 0 Å².